The minimum absolute atomic E-state index is 0.102. The Hall–Kier alpha value is -3.36. The monoisotopic (exact) mass is 460 g/mol. The second-order valence-corrected chi connectivity index (χ2v) is 6.99. The molecule has 1 N–H and O–H groups in total. The lowest BCUT2D eigenvalue weighted by molar-refractivity contribution is -0.385. The number of hydrogen-bond acceptors (Lipinski definition) is 7. The van der Waals surface area contributed by atoms with Crippen LogP contribution in [0.4, 0.5) is 11.5 Å². The van der Waals surface area contributed by atoms with Gasteiger partial charge in [0, 0.05) is 16.7 Å². The van der Waals surface area contributed by atoms with Crippen molar-refractivity contribution >= 4 is 40.9 Å². The van der Waals surface area contributed by atoms with Crippen molar-refractivity contribution in [2.24, 2.45) is 5.10 Å². The number of nitrogens with one attached hydrogen (secondary N) is 1. The first-order valence-electron chi connectivity index (χ1n) is 9.20. The molecule has 10 heteroatoms. The molecule has 0 aliphatic carbocycles. The molecule has 0 aliphatic heterocycles. The highest BCUT2D eigenvalue weighted by atomic mass is 35.5. The lowest BCUT2D eigenvalue weighted by Crippen LogP contribution is -2.02. The standard InChI is InChI=1S/C21H18Cl2N4O4/c1-2-30-19-10-14(11-25-26-20-8-7-16(12-24-20)27(28)29)9-18(23)21(19)31-13-15-5-3-4-6-17(15)22/h3-12H,2,13H2,1H3,(H,24,26)/b25-11-. The van der Waals surface area contributed by atoms with E-state index in [1.165, 1.54) is 18.3 Å². The van der Waals surface area contributed by atoms with Gasteiger partial charge in [0.05, 0.1) is 22.8 Å². The summed E-state index contributed by atoms with van der Waals surface area (Å²) in [5, 5.41) is 15.7. The Morgan fingerprint density at radius 2 is 1.97 bits per heavy atom. The topological polar surface area (TPSA) is 98.9 Å². The zero-order chi connectivity index (χ0) is 22.2. The molecule has 160 valence electrons. The lowest BCUT2D eigenvalue weighted by atomic mass is 10.2. The van der Waals surface area contributed by atoms with Gasteiger partial charge in [-0.1, -0.05) is 41.4 Å². The predicted molar refractivity (Wildman–Crippen MR) is 121 cm³/mol. The first kappa shape index (κ1) is 22.3. The van der Waals surface area contributed by atoms with Crippen LogP contribution in [0.2, 0.25) is 10.0 Å². The van der Waals surface area contributed by atoms with Crippen LogP contribution in [0.3, 0.4) is 0 Å². The number of hydrogen-bond donors (Lipinski definition) is 1. The normalized spacial score (nSPS) is 10.8. The maximum Gasteiger partial charge on any atom is 0.287 e. The fraction of sp³-hybridized carbons (Fsp3) is 0.143. The van der Waals surface area contributed by atoms with Gasteiger partial charge in [-0.2, -0.15) is 5.10 Å². The number of hydrazone groups is 1. The molecule has 0 spiro atoms. The predicted octanol–water partition coefficient (Wildman–Crippen LogP) is 5.72. The van der Waals surface area contributed by atoms with Crippen LogP contribution in [-0.4, -0.2) is 22.7 Å². The Morgan fingerprint density at radius 3 is 2.65 bits per heavy atom. The maximum absolute atomic E-state index is 10.7. The van der Waals surface area contributed by atoms with E-state index in [-0.39, 0.29) is 12.3 Å². The molecule has 2 aromatic carbocycles. The first-order chi connectivity index (χ1) is 15.0. The van der Waals surface area contributed by atoms with E-state index >= 15 is 0 Å². The Kier molecular flexibility index (Phi) is 7.64. The Balaban J connectivity index is 1.73. The van der Waals surface area contributed by atoms with E-state index < -0.39 is 4.92 Å². The number of benzene rings is 2. The van der Waals surface area contributed by atoms with E-state index in [0.717, 1.165) is 11.8 Å². The molecule has 3 rings (SSSR count). The largest absolute Gasteiger partial charge is 0.490 e. The van der Waals surface area contributed by atoms with Gasteiger partial charge < -0.3 is 9.47 Å². The number of halogens is 2. The van der Waals surface area contributed by atoms with E-state index in [1.807, 2.05) is 25.1 Å². The van der Waals surface area contributed by atoms with Crippen molar-refractivity contribution in [2.75, 3.05) is 12.0 Å². The van der Waals surface area contributed by atoms with Crippen LogP contribution in [0.1, 0.15) is 18.1 Å². The van der Waals surface area contributed by atoms with Gasteiger partial charge >= 0.3 is 0 Å². The minimum Gasteiger partial charge on any atom is -0.490 e. The third-order valence-corrected chi connectivity index (χ3v) is 4.66. The van der Waals surface area contributed by atoms with Crippen molar-refractivity contribution in [3.63, 3.8) is 0 Å². The van der Waals surface area contributed by atoms with Gasteiger partial charge in [-0.15, -0.1) is 0 Å². The molecule has 1 heterocycles. The molecule has 0 fully saturated rings. The Bertz CT molecular complexity index is 1090. The van der Waals surface area contributed by atoms with Crippen LogP contribution in [0.25, 0.3) is 0 Å². The number of ether oxygens (including phenoxy) is 2. The molecule has 0 radical (unpaired) electrons. The number of anilines is 1. The summed E-state index contributed by atoms with van der Waals surface area (Å²) < 4.78 is 11.6. The zero-order valence-electron chi connectivity index (χ0n) is 16.4. The Labute approximate surface area is 188 Å². The molecule has 0 aliphatic rings. The summed E-state index contributed by atoms with van der Waals surface area (Å²) in [6.07, 6.45) is 2.67. The van der Waals surface area contributed by atoms with Gasteiger partial charge in [-0.3, -0.25) is 15.5 Å². The summed E-state index contributed by atoms with van der Waals surface area (Å²) in [5.41, 5.74) is 4.09. The average molecular weight is 461 g/mol. The van der Waals surface area contributed by atoms with E-state index in [2.05, 4.69) is 15.5 Å². The highest BCUT2D eigenvalue weighted by molar-refractivity contribution is 6.32. The van der Waals surface area contributed by atoms with Gasteiger partial charge in [0.15, 0.2) is 11.5 Å². The molecule has 1 aromatic heterocycles. The van der Waals surface area contributed by atoms with Gasteiger partial charge in [0.1, 0.15) is 18.6 Å². The maximum atomic E-state index is 10.7. The molecule has 0 amide bonds. The SMILES string of the molecule is CCOc1cc(/C=N\Nc2ccc([N+](=O)[O-])cn2)cc(Cl)c1OCc1ccccc1Cl. The second-order valence-electron chi connectivity index (χ2n) is 6.17. The summed E-state index contributed by atoms with van der Waals surface area (Å²) in [5.74, 6) is 1.24. The molecule has 0 saturated heterocycles. The van der Waals surface area contributed by atoms with Gasteiger partial charge in [0.25, 0.3) is 5.69 Å². The van der Waals surface area contributed by atoms with Gasteiger partial charge in [-0.25, -0.2) is 4.98 Å². The summed E-state index contributed by atoms with van der Waals surface area (Å²) in [7, 11) is 0. The summed E-state index contributed by atoms with van der Waals surface area (Å²) in [6, 6.07) is 13.6. The molecule has 8 nitrogen and oxygen atoms in total. The number of nitro groups is 1. The molecule has 3 aromatic rings. The fourth-order valence-corrected chi connectivity index (χ4v) is 3.03. The number of nitrogens with zero attached hydrogens (tertiary/aromatic N) is 3. The fourth-order valence-electron chi connectivity index (χ4n) is 2.56. The molecular formula is C21H18Cl2N4O4. The summed E-state index contributed by atoms with van der Waals surface area (Å²) >= 11 is 12.6. The zero-order valence-corrected chi connectivity index (χ0v) is 17.9. The molecule has 0 bridgehead atoms. The number of rotatable bonds is 9. The third-order valence-electron chi connectivity index (χ3n) is 4.01. The van der Waals surface area contributed by atoms with Crippen molar-refractivity contribution in [1.82, 2.24) is 4.98 Å². The average Bonchev–Trinajstić information content (AvgIpc) is 2.75. The van der Waals surface area contributed by atoms with E-state index in [4.69, 9.17) is 32.7 Å². The summed E-state index contributed by atoms with van der Waals surface area (Å²) in [4.78, 5) is 14.1. The van der Waals surface area contributed by atoms with E-state index in [9.17, 15) is 10.1 Å². The van der Waals surface area contributed by atoms with Crippen LogP contribution in [0, 0.1) is 10.1 Å². The van der Waals surface area contributed by atoms with E-state index in [0.29, 0.717) is 39.5 Å². The van der Waals surface area contributed by atoms with Crippen molar-refractivity contribution in [1.29, 1.82) is 0 Å². The number of aromatic nitrogens is 1. The Morgan fingerprint density at radius 1 is 1.16 bits per heavy atom. The van der Waals surface area contributed by atoms with Crippen molar-refractivity contribution in [3.8, 4) is 11.5 Å². The molecule has 0 atom stereocenters. The van der Waals surface area contributed by atoms with Crippen LogP contribution in [0.15, 0.2) is 59.8 Å². The second kappa shape index (κ2) is 10.6. The highest BCUT2D eigenvalue weighted by Gasteiger charge is 2.13. The number of pyridine rings is 1. The molecule has 0 unspecified atom stereocenters. The van der Waals surface area contributed by atoms with Gasteiger partial charge in [0.2, 0.25) is 0 Å². The molecular weight excluding hydrogens is 443 g/mol. The van der Waals surface area contributed by atoms with Crippen LogP contribution in [-0.2, 0) is 6.61 Å². The lowest BCUT2D eigenvalue weighted by Gasteiger charge is -2.15. The van der Waals surface area contributed by atoms with Crippen molar-refractivity contribution in [2.45, 2.75) is 13.5 Å². The highest BCUT2D eigenvalue weighted by Crippen LogP contribution is 2.37. The molecule has 31 heavy (non-hydrogen) atoms. The van der Waals surface area contributed by atoms with Crippen LogP contribution in [0.5, 0.6) is 11.5 Å². The van der Waals surface area contributed by atoms with Crippen molar-refractivity contribution in [3.05, 3.63) is 86.0 Å². The summed E-state index contributed by atoms with van der Waals surface area (Å²) in [6.45, 7) is 2.51. The first-order valence-corrected chi connectivity index (χ1v) is 9.95. The quantitative estimate of drug-likeness (QED) is 0.249. The van der Waals surface area contributed by atoms with Gasteiger partial charge in [-0.05, 0) is 36.8 Å². The molecule has 0 saturated carbocycles. The van der Waals surface area contributed by atoms with Crippen LogP contribution < -0.4 is 14.9 Å². The minimum atomic E-state index is -0.521. The smallest absolute Gasteiger partial charge is 0.287 e. The van der Waals surface area contributed by atoms with Crippen molar-refractivity contribution < 1.29 is 14.4 Å². The third kappa shape index (κ3) is 6.07. The van der Waals surface area contributed by atoms with E-state index in [1.54, 1.807) is 18.2 Å². The van der Waals surface area contributed by atoms with Crippen LogP contribution >= 0.6 is 23.2 Å².